The van der Waals surface area contributed by atoms with Crippen LogP contribution in [0.1, 0.15) is 41.0 Å². The Labute approximate surface area is 176 Å². The first kappa shape index (κ1) is 20.9. The topological polar surface area (TPSA) is 65.2 Å². The second kappa shape index (κ2) is 8.70. The van der Waals surface area contributed by atoms with Crippen molar-refractivity contribution < 1.29 is 9.59 Å². The lowest BCUT2D eigenvalue weighted by Gasteiger charge is -2.19. The summed E-state index contributed by atoms with van der Waals surface area (Å²) in [4.78, 5) is 30.2. The minimum atomic E-state index is -0.130. The van der Waals surface area contributed by atoms with Crippen molar-refractivity contribution in [2.24, 2.45) is 0 Å². The first-order valence-electron chi connectivity index (χ1n) is 9.80. The number of hydrogen-bond acceptors (Lipinski definition) is 2. The number of rotatable bonds is 6. The first-order chi connectivity index (χ1) is 13.8. The maximum atomic E-state index is 12.6. The van der Waals surface area contributed by atoms with Crippen LogP contribution in [0.4, 0.5) is 5.69 Å². The van der Waals surface area contributed by atoms with E-state index < -0.39 is 0 Å². The Hall–Kier alpha value is -2.79. The molecule has 0 saturated heterocycles. The number of carbonyl (C=O) groups excluding carboxylic acids is 2. The molecule has 0 fully saturated rings. The van der Waals surface area contributed by atoms with Crippen molar-refractivity contribution in [3.05, 3.63) is 63.8 Å². The Morgan fingerprint density at radius 2 is 1.79 bits per heavy atom. The summed E-state index contributed by atoms with van der Waals surface area (Å²) in [5.74, 6) is -0.239. The van der Waals surface area contributed by atoms with Gasteiger partial charge in [-0.1, -0.05) is 23.2 Å². The third-order valence-corrected chi connectivity index (χ3v) is 5.46. The number of anilines is 1. The molecule has 2 aromatic carbocycles. The van der Waals surface area contributed by atoms with Gasteiger partial charge in [0.2, 0.25) is 5.91 Å². The van der Waals surface area contributed by atoms with Crippen molar-refractivity contribution in [2.75, 3.05) is 18.4 Å². The molecule has 0 atom stereocenters. The molecule has 0 saturated carbocycles. The summed E-state index contributed by atoms with van der Waals surface area (Å²) in [6.45, 7) is 9.11. The second-order valence-corrected chi connectivity index (χ2v) is 7.58. The van der Waals surface area contributed by atoms with Crippen LogP contribution < -0.4 is 5.32 Å². The number of H-pyrrole nitrogens is 1. The fourth-order valence-corrected chi connectivity index (χ4v) is 3.80. The van der Waals surface area contributed by atoms with E-state index in [-0.39, 0.29) is 18.2 Å². The molecule has 6 heteroatoms. The van der Waals surface area contributed by atoms with Crippen LogP contribution in [0.2, 0.25) is 5.02 Å². The zero-order valence-electron chi connectivity index (χ0n) is 17.2. The van der Waals surface area contributed by atoms with Gasteiger partial charge in [0.15, 0.2) is 0 Å². The molecule has 0 bridgehead atoms. The molecule has 2 N–H and O–H groups in total. The predicted octanol–water partition coefficient (Wildman–Crippen LogP) is 5.10. The van der Waals surface area contributed by atoms with Gasteiger partial charge in [0.25, 0.3) is 5.91 Å². The van der Waals surface area contributed by atoms with Crippen molar-refractivity contribution in [2.45, 2.75) is 34.1 Å². The normalized spacial score (nSPS) is 10.9. The molecule has 3 rings (SSSR count). The van der Waals surface area contributed by atoms with Gasteiger partial charge >= 0.3 is 0 Å². The summed E-state index contributed by atoms with van der Waals surface area (Å²) in [6, 6.07) is 11.2. The van der Waals surface area contributed by atoms with Crippen LogP contribution in [-0.4, -0.2) is 34.8 Å². The third kappa shape index (κ3) is 4.46. The Bertz CT molecular complexity index is 1070. The largest absolute Gasteiger partial charge is 0.358 e. The van der Waals surface area contributed by atoms with Gasteiger partial charge in [0.05, 0.1) is 17.0 Å². The van der Waals surface area contributed by atoms with Gasteiger partial charge < -0.3 is 15.2 Å². The maximum Gasteiger partial charge on any atom is 0.255 e. The third-order valence-electron chi connectivity index (χ3n) is 5.15. The highest BCUT2D eigenvalue weighted by molar-refractivity contribution is 6.34. The molecule has 1 heterocycles. The summed E-state index contributed by atoms with van der Waals surface area (Å²) in [7, 11) is 0. The molecule has 1 aromatic heterocycles. The number of carbonyl (C=O) groups is 2. The number of aromatic nitrogens is 1. The lowest BCUT2D eigenvalue weighted by atomic mass is 10.1. The van der Waals surface area contributed by atoms with Crippen molar-refractivity contribution in [3.8, 4) is 0 Å². The van der Waals surface area contributed by atoms with Crippen LogP contribution in [0.25, 0.3) is 10.9 Å². The molecule has 0 spiro atoms. The molecule has 152 valence electrons. The Kier molecular flexibility index (Phi) is 6.28. The highest BCUT2D eigenvalue weighted by atomic mass is 35.5. The van der Waals surface area contributed by atoms with E-state index in [1.54, 1.807) is 23.1 Å². The number of halogens is 1. The number of nitrogens with one attached hydrogen (secondary N) is 2. The molecular formula is C23H26ClN3O2. The summed E-state index contributed by atoms with van der Waals surface area (Å²) < 4.78 is 0. The molecule has 0 unspecified atom stereocenters. The van der Waals surface area contributed by atoms with E-state index in [4.69, 9.17) is 11.6 Å². The van der Waals surface area contributed by atoms with E-state index in [2.05, 4.69) is 16.4 Å². The molecule has 2 amide bonds. The zero-order chi connectivity index (χ0) is 21.1. The molecular weight excluding hydrogens is 386 g/mol. The fourth-order valence-electron chi connectivity index (χ4n) is 3.54. The molecule has 0 radical (unpaired) electrons. The predicted molar refractivity (Wildman–Crippen MR) is 119 cm³/mol. The standard InChI is InChI=1S/C23H26ClN3O2/c1-5-27(6-2)23(29)17-9-8-16(12-20(17)24)26-22(28)13-18-15(4)25-21-10-7-14(3)11-19(18)21/h7-12,25H,5-6,13H2,1-4H3,(H,26,28). The molecule has 0 aliphatic heterocycles. The summed E-state index contributed by atoms with van der Waals surface area (Å²) in [5, 5.41) is 4.29. The molecule has 3 aromatic rings. The van der Waals surface area contributed by atoms with Gasteiger partial charge in [0, 0.05) is 35.4 Å². The minimum Gasteiger partial charge on any atom is -0.358 e. The van der Waals surface area contributed by atoms with Crippen LogP contribution in [0.3, 0.4) is 0 Å². The van der Waals surface area contributed by atoms with Crippen LogP contribution in [0.5, 0.6) is 0 Å². The van der Waals surface area contributed by atoms with Crippen LogP contribution in [0, 0.1) is 13.8 Å². The smallest absolute Gasteiger partial charge is 0.255 e. The molecule has 0 aliphatic rings. The molecule has 0 aliphatic carbocycles. The van der Waals surface area contributed by atoms with Crippen molar-refractivity contribution in [1.29, 1.82) is 0 Å². The Morgan fingerprint density at radius 3 is 2.45 bits per heavy atom. The highest BCUT2D eigenvalue weighted by Gasteiger charge is 2.17. The first-order valence-corrected chi connectivity index (χ1v) is 10.2. The van der Waals surface area contributed by atoms with Gasteiger partial charge in [-0.15, -0.1) is 0 Å². The average Bonchev–Trinajstić information content (AvgIpc) is 2.97. The van der Waals surface area contributed by atoms with E-state index in [1.807, 2.05) is 39.8 Å². The number of nitrogens with zero attached hydrogens (tertiary/aromatic N) is 1. The van der Waals surface area contributed by atoms with E-state index in [0.29, 0.717) is 29.4 Å². The van der Waals surface area contributed by atoms with Crippen molar-refractivity contribution >= 4 is 40.0 Å². The molecule has 29 heavy (non-hydrogen) atoms. The number of amides is 2. The van der Waals surface area contributed by atoms with E-state index in [0.717, 1.165) is 27.7 Å². The van der Waals surface area contributed by atoms with Crippen molar-refractivity contribution in [3.63, 3.8) is 0 Å². The van der Waals surface area contributed by atoms with Gasteiger partial charge in [-0.05, 0) is 63.6 Å². The van der Waals surface area contributed by atoms with Gasteiger partial charge in [-0.25, -0.2) is 0 Å². The lowest BCUT2D eigenvalue weighted by Crippen LogP contribution is -2.30. The minimum absolute atomic E-state index is 0.109. The van der Waals surface area contributed by atoms with Crippen LogP contribution in [0.15, 0.2) is 36.4 Å². The van der Waals surface area contributed by atoms with Crippen LogP contribution in [-0.2, 0) is 11.2 Å². The molecule has 5 nitrogen and oxygen atoms in total. The SMILES string of the molecule is CCN(CC)C(=O)c1ccc(NC(=O)Cc2c(C)[nH]c3ccc(C)cc23)cc1Cl. The van der Waals surface area contributed by atoms with Gasteiger partial charge in [-0.2, -0.15) is 0 Å². The number of hydrogen-bond donors (Lipinski definition) is 2. The maximum absolute atomic E-state index is 12.6. The lowest BCUT2D eigenvalue weighted by molar-refractivity contribution is -0.115. The summed E-state index contributed by atoms with van der Waals surface area (Å²) >= 11 is 6.33. The summed E-state index contributed by atoms with van der Waals surface area (Å²) in [6.07, 6.45) is 0.257. The van der Waals surface area contributed by atoms with Crippen LogP contribution >= 0.6 is 11.6 Å². The monoisotopic (exact) mass is 411 g/mol. The average molecular weight is 412 g/mol. The van der Waals surface area contributed by atoms with E-state index >= 15 is 0 Å². The van der Waals surface area contributed by atoms with Gasteiger partial charge in [0.1, 0.15) is 0 Å². The number of aromatic amines is 1. The van der Waals surface area contributed by atoms with E-state index in [9.17, 15) is 9.59 Å². The Morgan fingerprint density at radius 1 is 1.07 bits per heavy atom. The quantitative estimate of drug-likeness (QED) is 0.592. The number of aryl methyl sites for hydroxylation is 2. The number of benzene rings is 2. The number of fused-ring (bicyclic) bond motifs is 1. The Balaban J connectivity index is 1.76. The second-order valence-electron chi connectivity index (χ2n) is 7.17. The highest BCUT2D eigenvalue weighted by Crippen LogP contribution is 2.25. The summed E-state index contributed by atoms with van der Waals surface area (Å²) in [5.41, 5.74) is 5.16. The fraction of sp³-hybridized carbons (Fsp3) is 0.304. The van der Waals surface area contributed by atoms with Crippen molar-refractivity contribution in [1.82, 2.24) is 9.88 Å². The van der Waals surface area contributed by atoms with Gasteiger partial charge in [-0.3, -0.25) is 9.59 Å². The zero-order valence-corrected chi connectivity index (χ0v) is 18.0. The van der Waals surface area contributed by atoms with E-state index in [1.165, 1.54) is 0 Å².